The van der Waals surface area contributed by atoms with E-state index >= 15 is 0 Å². The van der Waals surface area contributed by atoms with Gasteiger partial charge in [0.25, 0.3) is 5.92 Å². The van der Waals surface area contributed by atoms with Crippen LogP contribution in [0.4, 0.5) is 8.78 Å². The molecule has 0 saturated heterocycles. The number of allylic oxidation sites excluding steroid dienone is 4. The second kappa shape index (κ2) is 3.65. The monoisotopic (exact) mass is 160 g/mol. The van der Waals surface area contributed by atoms with Crippen molar-refractivity contribution in [2.24, 2.45) is 0 Å². The quantitative estimate of drug-likeness (QED) is 0.542. The highest BCUT2D eigenvalue weighted by atomic mass is 19.3. The molecule has 0 spiro atoms. The maximum Gasteiger partial charge on any atom is 0.270 e. The van der Waals surface area contributed by atoms with Gasteiger partial charge in [0.05, 0.1) is 0 Å². The van der Waals surface area contributed by atoms with Gasteiger partial charge in [0.1, 0.15) is 0 Å². The van der Waals surface area contributed by atoms with Gasteiger partial charge in [-0.2, -0.15) is 0 Å². The summed E-state index contributed by atoms with van der Waals surface area (Å²) in [6, 6.07) is 0. The topological polar surface area (TPSA) is 0 Å². The summed E-state index contributed by atoms with van der Waals surface area (Å²) in [5, 5.41) is 0. The van der Waals surface area contributed by atoms with Crippen LogP contribution in [0.5, 0.6) is 0 Å². The van der Waals surface area contributed by atoms with Gasteiger partial charge in [-0.15, -0.1) is 0 Å². The zero-order chi connectivity index (χ0) is 9.07. The first kappa shape index (κ1) is 10.3. The van der Waals surface area contributed by atoms with E-state index in [9.17, 15) is 8.78 Å². The number of alkyl halides is 2. The van der Waals surface area contributed by atoms with Crippen LogP contribution in [0.3, 0.4) is 0 Å². The average Bonchev–Trinajstić information content (AvgIpc) is 1.86. The van der Waals surface area contributed by atoms with Crippen LogP contribution in [0.2, 0.25) is 0 Å². The van der Waals surface area contributed by atoms with E-state index in [4.69, 9.17) is 0 Å². The molecule has 0 N–H and O–H groups in total. The lowest BCUT2D eigenvalue weighted by atomic mass is 10.0. The van der Waals surface area contributed by atoms with Crippen LogP contribution >= 0.6 is 0 Å². The lowest BCUT2D eigenvalue weighted by molar-refractivity contribution is 0.0658. The Hall–Kier alpha value is -0.660. The Bertz CT molecular complexity index is 182. The molecule has 0 bridgehead atoms. The fraction of sp³-hybridized carbons (Fsp3) is 0.556. The van der Waals surface area contributed by atoms with E-state index in [1.54, 1.807) is 26.8 Å². The summed E-state index contributed by atoms with van der Waals surface area (Å²) in [5.41, 5.74) is 0.750. The molecule has 0 aliphatic rings. The minimum absolute atomic E-state index is 0.111. The van der Waals surface area contributed by atoms with Gasteiger partial charge in [-0.3, -0.25) is 0 Å². The number of rotatable bonds is 2. The van der Waals surface area contributed by atoms with Crippen molar-refractivity contribution in [2.75, 3.05) is 0 Å². The second-order valence-electron chi connectivity index (χ2n) is 2.56. The summed E-state index contributed by atoms with van der Waals surface area (Å²) in [7, 11) is 0. The lowest BCUT2D eigenvalue weighted by Crippen LogP contribution is -2.14. The molecule has 0 aliphatic heterocycles. The zero-order valence-corrected chi connectivity index (χ0v) is 7.41. The highest BCUT2D eigenvalue weighted by Gasteiger charge is 2.27. The summed E-state index contributed by atoms with van der Waals surface area (Å²) >= 11 is 0. The van der Waals surface area contributed by atoms with Gasteiger partial charge in [-0.25, -0.2) is 8.78 Å². The first-order chi connectivity index (χ1) is 4.93. The van der Waals surface area contributed by atoms with E-state index in [1.807, 2.05) is 0 Å². The Kier molecular flexibility index (Phi) is 3.43. The molecule has 0 nitrogen and oxygen atoms in total. The number of halogens is 2. The van der Waals surface area contributed by atoms with Gasteiger partial charge in [0.15, 0.2) is 0 Å². The van der Waals surface area contributed by atoms with Crippen LogP contribution in [0, 0.1) is 0 Å². The molecule has 0 amide bonds. The van der Waals surface area contributed by atoms with Crippen LogP contribution in [0.15, 0.2) is 23.3 Å². The van der Waals surface area contributed by atoms with Crippen LogP contribution in [0.1, 0.15) is 27.7 Å². The first-order valence-electron chi connectivity index (χ1n) is 3.61. The average molecular weight is 160 g/mol. The van der Waals surface area contributed by atoms with Crippen LogP contribution in [-0.4, -0.2) is 5.92 Å². The molecule has 0 atom stereocenters. The standard InChI is InChI=1S/C9H14F2/c1-5-7(3)8(6-2)9(4,10)11/h5-6H,1-4H3/b7-5-,8-6+. The van der Waals surface area contributed by atoms with Crippen LogP contribution < -0.4 is 0 Å². The molecule has 2 heteroatoms. The zero-order valence-electron chi connectivity index (χ0n) is 7.41. The third kappa shape index (κ3) is 2.83. The van der Waals surface area contributed by atoms with E-state index in [2.05, 4.69) is 0 Å². The normalized spacial score (nSPS) is 15.5. The predicted molar refractivity (Wildman–Crippen MR) is 43.8 cm³/mol. The largest absolute Gasteiger partial charge is 0.270 e. The predicted octanol–water partition coefficient (Wildman–Crippen LogP) is 3.55. The molecule has 0 unspecified atom stereocenters. The summed E-state index contributed by atoms with van der Waals surface area (Å²) < 4.78 is 25.4. The molecule has 0 aromatic carbocycles. The van der Waals surface area contributed by atoms with Crippen molar-refractivity contribution < 1.29 is 8.78 Å². The summed E-state index contributed by atoms with van der Waals surface area (Å²) in [6.45, 7) is 5.98. The van der Waals surface area contributed by atoms with Crippen LogP contribution in [-0.2, 0) is 0 Å². The molecule has 0 rings (SSSR count). The minimum Gasteiger partial charge on any atom is -0.202 e. The van der Waals surface area contributed by atoms with E-state index in [0.29, 0.717) is 5.57 Å². The van der Waals surface area contributed by atoms with E-state index < -0.39 is 5.92 Å². The third-order valence-corrected chi connectivity index (χ3v) is 1.62. The van der Waals surface area contributed by atoms with Gasteiger partial charge in [-0.1, -0.05) is 12.2 Å². The Morgan fingerprint density at radius 3 is 1.73 bits per heavy atom. The number of hydrogen-bond acceptors (Lipinski definition) is 0. The van der Waals surface area contributed by atoms with E-state index in [-0.39, 0.29) is 5.57 Å². The van der Waals surface area contributed by atoms with Crippen molar-refractivity contribution in [1.29, 1.82) is 0 Å². The van der Waals surface area contributed by atoms with Crippen molar-refractivity contribution in [3.05, 3.63) is 23.3 Å². The van der Waals surface area contributed by atoms with Crippen molar-refractivity contribution in [2.45, 2.75) is 33.6 Å². The Morgan fingerprint density at radius 1 is 1.18 bits per heavy atom. The summed E-state index contributed by atoms with van der Waals surface area (Å²) in [6.07, 6.45) is 3.14. The Labute approximate surface area is 66.6 Å². The fourth-order valence-corrected chi connectivity index (χ4v) is 0.983. The molecule has 0 aromatic rings. The van der Waals surface area contributed by atoms with Gasteiger partial charge in [0.2, 0.25) is 0 Å². The molecular formula is C9H14F2. The second-order valence-corrected chi connectivity index (χ2v) is 2.56. The highest BCUT2D eigenvalue weighted by Crippen LogP contribution is 2.28. The SMILES string of the molecule is C/C=C(C)\C(=C/C)C(C)(F)F. The van der Waals surface area contributed by atoms with Crippen molar-refractivity contribution in [1.82, 2.24) is 0 Å². The minimum atomic E-state index is -2.72. The molecule has 0 heterocycles. The molecular weight excluding hydrogens is 146 g/mol. The lowest BCUT2D eigenvalue weighted by Gasteiger charge is -2.14. The highest BCUT2D eigenvalue weighted by molar-refractivity contribution is 5.33. The van der Waals surface area contributed by atoms with Gasteiger partial charge >= 0.3 is 0 Å². The van der Waals surface area contributed by atoms with Gasteiger partial charge in [0, 0.05) is 12.5 Å². The third-order valence-electron chi connectivity index (χ3n) is 1.62. The first-order valence-corrected chi connectivity index (χ1v) is 3.61. The molecule has 0 aliphatic carbocycles. The Balaban J connectivity index is 4.73. The smallest absolute Gasteiger partial charge is 0.202 e. The molecule has 64 valence electrons. The number of hydrogen-bond donors (Lipinski definition) is 0. The van der Waals surface area contributed by atoms with Crippen molar-refractivity contribution in [3.8, 4) is 0 Å². The molecule has 0 fully saturated rings. The summed E-state index contributed by atoms with van der Waals surface area (Å²) in [4.78, 5) is 0. The summed E-state index contributed by atoms with van der Waals surface area (Å²) in [5.74, 6) is -2.72. The maximum absolute atomic E-state index is 12.7. The Morgan fingerprint density at radius 2 is 1.64 bits per heavy atom. The molecule has 11 heavy (non-hydrogen) atoms. The van der Waals surface area contributed by atoms with E-state index in [0.717, 1.165) is 6.92 Å². The maximum atomic E-state index is 12.7. The van der Waals surface area contributed by atoms with Gasteiger partial charge < -0.3 is 0 Å². The fourth-order valence-electron chi connectivity index (χ4n) is 0.983. The van der Waals surface area contributed by atoms with E-state index in [1.165, 1.54) is 6.08 Å². The van der Waals surface area contributed by atoms with Crippen molar-refractivity contribution >= 4 is 0 Å². The van der Waals surface area contributed by atoms with Crippen molar-refractivity contribution in [3.63, 3.8) is 0 Å². The van der Waals surface area contributed by atoms with Gasteiger partial charge in [-0.05, 0) is 26.3 Å². The molecule has 0 saturated carbocycles. The van der Waals surface area contributed by atoms with Crippen LogP contribution in [0.25, 0.3) is 0 Å². The molecule has 0 aromatic heterocycles. The molecule has 0 radical (unpaired) electrons.